The number of rotatable bonds is 8. The fraction of sp³-hybridized carbons (Fsp3) is 0. The predicted molar refractivity (Wildman–Crippen MR) is 155 cm³/mol. The zero-order valence-corrected chi connectivity index (χ0v) is 21.7. The van der Waals surface area contributed by atoms with Crippen molar-refractivity contribution in [2.24, 2.45) is 0 Å². The zero-order valence-electron chi connectivity index (χ0n) is 21.7. The van der Waals surface area contributed by atoms with Gasteiger partial charge in [-0.1, -0.05) is 11.8 Å². The highest BCUT2D eigenvalue weighted by Crippen LogP contribution is 2.20. The smallest absolute Gasteiger partial charge is 0.336 e. The van der Waals surface area contributed by atoms with E-state index in [2.05, 4.69) is 22.5 Å². The summed E-state index contributed by atoms with van der Waals surface area (Å²) in [5.41, 5.74) is 1.34. The fourth-order valence-corrected chi connectivity index (χ4v) is 3.99. The van der Waals surface area contributed by atoms with Crippen LogP contribution in [0.15, 0.2) is 84.9 Å². The first kappa shape index (κ1) is 28.6. The Labute approximate surface area is 239 Å². The quantitative estimate of drug-likeness (QED) is 0.180. The van der Waals surface area contributed by atoms with Gasteiger partial charge in [-0.3, -0.25) is 14.4 Å². The number of amides is 2. The Balaban J connectivity index is 1.45. The largest absolute Gasteiger partial charge is 0.478 e. The molecule has 2 amide bonds. The highest BCUT2D eigenvalue weighted by Gasteiger charge is 2.19. The molecule has 9 nitrogen and oxygen atoms in total. The molecule has 0 saturated heterocycles. The first-order valence-corrected chi connectivity index (χ1v) is 12.2. The lowest BCUT2D eigenvalue weighted by atomic mass is 10.0. The zero-order chi connectivity index (χ0) is 30.4. The van der Waals surface area contributed by atoms with Crippen LogP contribution in [0, 0.1) is 24.7 Å². The summed E-state index contributed by atoms with van der Waals surface area (Å²) in [4.78, 5) is 61.5. The topological polar surface area (TPSA) is 150 Å². The summed E-state index contributed by atoms with van der Waals surface area (Å²) in [6, 6.07) is 19.9. The van der Waals surface area contributed by atoms with E-state index in [1.54, 1.807) is 0 Å². The number of carboxylic acids is 2. The fourth-order valence-electron chi connectivity index (χ4n) is 3.99. The molecule has 0 aromatic heterocycles. The van der Waals surface area contributed by atoms with Crippen LogP contribution in [0.4, 0.5) is 11.4 Å². The number of benzene rings is 4. The van der Waals surface area contributed by atoms with Crippen molar-refractivity contribution in [3.05, 3.63) is 129 Å². The molecule has 9 heteroatoms. The lowest BCUT2D eigenvalue weighted by molar-refractivity contribution is 0.0683. The second-order valence-corrected chi connectivity index (χ2v) is 8.81. The summed E-state index contributed by atoms with van der Waals surface area (Å²) in [6.07, 6.45) is 10.7. The van der Waals surface area contributed by atoms with Crippen LogP contribution in [0.2, 0.25) is 0 Å². The van der Waals surface area contributed by atoms with Gasteiger partial charge in [0.1, 0.15) is 0 Å². The van der Waals surface area contributed by atoms with Crippen molar-refractivity contribution in [1.29, 1.82) is 0 Å². The van der Waals surface area contributed by atoms with Crippen molar-refractivity contribution in [2.45, 2.75) is 0 Å². The average molecular weight is 557 g/mol. The van der Waals surface area contributed by atoms with Crippen LogP contribution in [-0.2, 0) is 0 Å². The van der Waals surface area contributed by atoms with E-state index in [-0.39, 0.29) is 28.0 Å². The SMILES string of the molecule is C#Cc1ccc(C(=O)O)c(C(=O)Nc2ccc(C(=O)c3ccc(NC(=O)c4cc(C#C)ccc4C(=O)O)cc3)cc2)c1. The molecule has 4 aromatic carbocycles. The van der Waals surface area contributed by atoms with E-state index < -0.39 is 23.8 Å². The Bertz CT molecular complexity index is 1710. The van der Waals surface area contributed by atoms with Gasteiger partial charge in [0, 0.05) is 33.6 Å². The Hall–Kier alpha value is -6.45. The van der Waals surface area contributed by atoms with Gasteiger partial charge in [0.2, 0.25) is 0 Å². The minimum absolute atomic E-state index is 0.104. The van der Waals surface area contributed by atoms with Crippen molar-refractivity contribution >= 4 is 40.9 Å². The molecule has 0 heterocycles. The van der Waals surface area contributed by atoms with Crippen molar-refractivity contribution in [3.63, 3.8) is 0 Å². The lowest BCUT2D eigenvalue weighted by Crippen LogP contribution is -2.17. The number of carbonyl (C=O) groups is 5. The molecule has 42 heavy (non-hydrogen) atoms. The second-order valence-electron chi connectivity index (χ2n) is 8.81. The van der Waals surface area contributed by atoms with E-state index in [0.29, 0.717) is 33.6 Å². The summed E-state index contributed by atoms with van der Waals surface area (Å²) in [5.74, 6) is 0.467. The van der Waals surface area contributed by atoms with Gasteiger partial charge in [0.05, 0.1) is 22.3 Å². The van der Waals surface area contributed by atoms with Gasteiger partial charge < -0.3 is 20.8 Å². The highest BCUT2D eigenvalue weighted by molar-refractivity contribution is 6.13. The van der Waals surface area contributed by atoms with E-state index >= 15 is 0 Å². The lowest BCUT2D eigenvalue weighted by Gasteiger charge is -2.10. The van der Waals surface area contributed by atoms with E-state index in [0.717, 1.165) is 0 Å². The van der Waals surface area contributed by atoms with E-state index in [4.69, 9.17) is 12.8 Å². The van der Waals surface area contributed by atoms with Crippen LogP contribution in [0.3, 0.4) is 0 Å². The third kappa shape index (κ3) is 6.23. The van der Waals surface area contributed by atoms with Gasteiger partial charge in [-0.25, -0.2) is 9.59 Å². The Kier molecular flexibility index (Phi) is 8.27. The number of carboxylic acid groups (broad SMARTS) is 2. The molecule has 0 saturated carbocycles. The Morgan fingerprint density at radius 3 is 1.19 bits per heavy atom. The minimum atomic E-state index is -1.28. The molecule has 0 atom stereocenters. The molecule has 0 fully saturated rings. The maximum atomic E-state index is 13.0. The second kappa shape index (κ2) is 12.2. The summed E-state index contributed by atoms with van der Waals surface area (Å²) in [6.45, 7) is 0. The van der Waals surface area contributed by atoms with Crippen molar-refractivity contribution in [3.8, 4) is 24.7 Å². The summed E-state index contributed by atoms with van der Waals surface area (Å²) in [7, 11) is 0. The molecule has 4 aromatic rings. The number of hydrogen-bond acceptors (Lipinski definition) is 5. The molecule has 0 aliphatic carbocycles. The van der Waals surface area contributed by atoms with Crippen molar-refractivity contribution in [1.82, 2.24) is 0 Å². The van der Waals surface area contributed by atoms with Gasteiger partial charge in [-0.05, 0) is 84.9 Å². The molecule has 0 spiro atoms. The molecule has 0 unspecified atom stereocenters. The van der Waals surface area contributed by atoms with Crippen molar-refractivity contribution < 1.29 is 34.2 Å². The molecular weight excluding hydrogens is 536 g/mol. The van der Waals surface area contributed by atoms with Gasteiger partial charge in [0.25, 0.3) is 11.8 Å². The van der Waals surface area contributed by atoms with E-state index in [1.165, 1.54) is 84.9 Å². The van der Waals surface area contributed by atoms with Crippen LogP contribution < -0.4 is 10.6 Å². The molecule has 0 bridgehead atoms. The average Bonchev–Trinajstić information content (AvgIpc) is 3.00. The van der Waals surface area contributed by atoms with E-state index in [9.17, 15) is 34.2 Å². The summed E-state index contributed by atoms with van der Waals surface area (Å²) in [5, 5.41) is 24.0. The maximum Gasteiger partial charge on any atom is 0.336 e. The van der Waals surface area contributed by atoms with Gasteiger partial charge in [0.15, 0.2) is 5.78 Å². The van der Waals surface area contributed by atoms with Gasteiger partial charge in [-0.2, -0.15) is 0 Å². The van der Waals surface area contributed by atoms with Crippen LogP contribution in [0.1, 0.15) is 68.5 Å². The molecular formula is C33H20N2O7. The van der Waals surface area contributed by atoms with Crippen LogP contribution >= 0.6 is 0 Å². The van der Waals surface area contributed by atoms with Gasteiger partial charge in [-0.15, -0.1) is 12.8 Å². The molecule has 4 rings (SSSR count). The standard InChI is InChI=1S/C33H20N2O7/c1-3-19-5-15-25(32(39)40)27(17-19)30(37)34-23-11-7-21(8-12-23)29(36)22-9-13-24(14-10-22)35-31(38)28-18-20(4-2)6-16-26(28)33(41)42/h1-2,5-18H,(H,34,37)(H,35,38)(H,39,40)(H,41,42). The first-order valence-electron chi connectivity index (χ1n) is 12.2. The Morgan fingerprint density at radius 2 is 0.881 bits per heavy atom. The molecule has 0 aliphatic rings. The summed E-state index contributed by atoms with van der Waals surface area (Å²) < 4.78 is 0. The number of anilines is 2. The van der Waals surface area contributed by atoms with Crippen LogP contribution in [-0.4, -0.2) is 39.7 Å². The third-order valence-corrected chi connectivity index (χ3v) is 6.13. The molecule has 0 radical (unpaired) electrons. The maximum absolute atomic E-state index is 13.0. The monoisotopic (exact) mass is 556 g/mol. The first-order chi connectivity index (χ1) is 20.1. The number of carbonyl (C=O) groups excluding carboxylic acids is 3. The van der Waals surface area contributed by atoms with Crippen molar-refractivity contribution in [2.75, 3.05) is 10.6 Å². The summed E-state index contributed by atoms with van der Waals surface area (Å²) >= 11 is 0. The van der Waals surface area contributed by atoms with Gasteiger partial charge >= 0.3 is 11.9 Å². The number of aromatic carboxylic acids is 2. The highest BCUT2D eigenvalue weighted by atomic mass is 16.4. The minimum Gasteiger partial charge on any atom is -0.478 e. The normalized spacial score (nSPS) is 10.0. The van der Waals surface area contributed by atoms with Crippen LogP contribution in [0.25, 0.3) is 0 Å². The number of terminal acetylenes is 2. The molecule has 0 aliphatic heterocycles. The number of hydrogen-bond donors (Lipinski definition) is 4. The predicted octanol–water partition coefficient (Wildman–Crippen LogP) is 4.78. The Morgan fingerprint density at radius 1 is 0.524 bits per heavy atom. The number of ketones is 1. The van der Waals surface area contributed by atoms with Crippen LogP contribution in [0.5, 0.6) is 0 Å². The number of nitrogens with one attached hydrogen (secondary N) is 2. The third-order valence-electron chi connectivity index (χ3n) is 6.13. The molecule has 4 N–H and O–H groups in total. The molecule has 204 valence electrons. The van der Waals surface area contributed by atoms with E-state index in [1.807, 2.05) is 0 Å².